The number of nitrogens with one attached hydrogen (secondary N) is 2. The number of hydrogen-bond donors (Lipinski definition) is 2. The van der Waals surface area contributed by atoms with Gasteiger partial charge in [-0.3, -0.25) is 4.79 Å². The van der Waals surface area contributed by atoms with Crippen molar-refractivity contribution in [1.29, 1.82) is 0 Å². The van der Waals surface area contributed by atoms with Gasteiger partial charge in [0.15, 0.2) is 0 Å². The van der Waals surface area contributed by atoms with Gasteiger partial charge in [0.2, 0.25) is 10.0 Å². The topological polar surface area (TPSA) is 75.3 Å². The second kappa shape index (κ2) is 6.79. The molecule has 0 spiro atoms. The van der Waals surface area contributed by atoms with Gasteiger partial charge in [0.25, 0.3) is 5.91 Å². The summed E-state index contributed by atoms with van der Waals surface area (Å²) < 4.78 is 26.5. The number of rotatable bonds is 4. The summed E-state index contributed by atoms with van der Waals surface area (Å²) in [6.07, 6.45) is 5.49. The summed E-state index contributed by atoms with van der Waals surface area (Å²) in [7, 11) is -2.20. The van der Waals surface area contributed by atoms with Crippen molar-refractivity contribution in [2.45, 2.75) is 56.9 Å². The Balaban J connectivity index is 2.29. The molecule has 1 aliphatic carbocycles. The van der Waals surface area contributed by atoms with Crippen LogP contribution in [0.15, 0.2) is 17.0 Å². The summed E-state index contributed by atoms with van der Waals surface area (Å²) in [5, 5.41) is 3.02. The largest absolute Gasteiger partial charge is 0.349 e. The van der Waals surface area contributed by atoms with E-state index in [0.717, 1.165) is 31.2 Å². The first kappa shape index (κ1) is 17.0. The molecule has 1 aromatic rings. The Kier molecular flexibility index (Phi) is 5.24. The SMILES string of the molecule is CNS(=O)(=O)c1cc(C(=O)NC2CCCCC2)cc(C)c1C. The molecule has 1 aromatic carbocycles. The lowest BCUT2D eigenvalue weighted by molar-refractivity contribution is 0.0927. The summed E-state index contributed by atoms with van der Waals surface area (Å²) in [6, 6.07) is 3.42. The zero-order chi connectivity index (χ0) is 16.3. The molecule has 2 rings (SSSR count). The summed E-state index contributed by atoms with van der Waals surface area (Å²) in [6.45, 7) is 3.57. The Morgan fingerprint density at radius 2 is 1.77 bits per heavy atom. The maximum Gasteiger partial charge on any atom is 0.251 e. The third kappa shape index (κ3) is 3.67. The van der Waals surface area contributed by atoms with Gasteiger partial charge in [-0.05, 0) is 57.0 Å². The maximum absolute atomic E-state index is 12.4. The van der Waals surface area contributed by atoms with Crippen LogP contribution >= 0.6 is 0 Å². The lowest BCUT2D eigenvalue weighted by Gasteiger charge is -2.23. The normalized spacial score (nSPS) is 16.5. The fourth-order valence-electron chi connectivity index (χ4n) is 2.86. The minimum absolute atomic E-state index is 0.170. The Hall–Kier alpha value is -1.40. The van der Waals surface area contributed by atoms with Crippen molar-refractivity contribution in [2.24, 2.45) is 0 Å². The van der Waals surface area contributed by atoms with E-state index in [-0.39, 0.29) is 16.8 Å². The van der Waals surface area contributed by atoms with Crippen molar-refractivity contribution in [1.82, 2.24) is 10.0 Å². The molecule has 0 aromatic heterocycles. The van der Waals surface area contributed by atoms with Crippen molar-refractivity contribution >= 4 is 15.9 Å². The van der Waals surface area contributed by atoms with Crippen LogP contribution in [-0.4, -0.2) is 27.4 Å². The number of amides is 1. The average Bonchev–Trinajstić information content (AvgIpc) is 2.50. The highest BCUT2D eigenvalue weighted by molar-refractivity contribution is 7.89. The molecular weight excluding hydrogens is 300 g/mol. The van der Waals surface area contributed by atoms with Crippen molar-refractivity contribution < 1.29 is 13.2 Å². The van der Waals surface area contributed by atoms with Gasteiger partial charge >= 0.3 is 0 Å². The molecule has 0 saturated heterocycles. The summed E-state index contributed by atoms with van der Waals surface area (Å²) in [4.78, 5) is 12.6. The van der Waals surface area contributed by atoms with Crippen molar-refractivity contribution in [3.63, 3.8) is 0 Å². The molecule has 5 nitrogen and oxygen atoms in total. The van der Waals surface area contributed by atoms with Crippen LogP contribution in [0.25, 0.3) is 0 Å². The van der Waals surface area contributed by atoms with Gasteiger partial charge in [-0.2, -0.15) is 0 Å². The number of hydrogen-bond acceptors (Lipinski definition) is 3. The van der Waals surface area contributed by atoms with Crippen LogP contribution in [0.4, 0.5) is 0 Å². The second-order valence-corrected chi connectivity index (χ2v) is 7.79. The number of aryl methyl sites for hydroxylation is 1. The molecule has 0 radical (unpaired) electrons. The highest BCUT2D eigenvalue weighted by Gasteiger charge is 2.21. The molecular formula is C16H24N2O3S. The minimum atomic E-state index is -3.57. The first-order chi connectivity index (χ1) is 10.3. The summed E-state index contributed by atoms with van der Waals surface area (Å²) >= 11 is 0. The summed E-state index contributed by atoms with van der Waals surface area (Å²) in [5.74, 6) is -0.192. The van der Waals surface area contributed by atoms with E-state index < -0.39 is 10.0 Å². The highest BCUT2D eigenvalue weighted by Crippen LogP contribution is 2.22. The fourth-order valence-corrected chi connectivity index (χ4v) is 3.93. The molecule has 6 heteroatoms. The Morgan fingerprint density at radius 3 is 2.36 bits per heavy atom. The smallest absolute Gasteiger partial charge is 0.251 e. The molecule has 0 aliphatic heterocycles. The third-order valence-corrected chi connectivity index (χ3v) is 5.92. The van der Waals surface area contributed by atoms with Gasteiger partial charge in [-0.1, -0.05) is 19.3 Å². The number of benzene rings is 1. The van der Waals surface area contributed by atoms with Gasteiger partial charge in [0, 0.05) is 11.6 Å². The zero-order valence-electron chi connectivity index (χ0n) is 13.4. The molecule has 122 valence electrons. The lowest BCUT2D eigenvalue weighted by Crippen LogP contribution is -2.36. The predicted molar refractivity (Wildman–Crippen MR) is 86.5 cm³/mol. The molecule has 1 saturated carbocycles. The number of carbonyl (C=O) groups is 1. The van der Waals surface area contributed by atoms with Gasteiger partial charge in [-0.25, -0.2) is 13.1 Å². The predicted octanol–water partition coefficient (Wildman–Crippen LogP) is 2.27. The van der Waals surface area contributed by atoms with Gasteiger partial charge in [-0.15, -0.1) is 0 Å². The first-order valence-electron chi connectivity index (χ1n) is 7.71. The van der Waals surface area contributed by atoms with Crippen LogP contribution in [0.5, 0.6) is 0 Å². The molecule has 0 atom stereocenters. The van der Waals surface area contributed by atoms with Gasteiger partial charge in [0.1, 0.15) is 0 Å². The molecule has 2 N–H and O–H groups in total. The van der Waals surface area contributed by atoms with E-state index >= 15 is 0 Å². The highest BCUT2D eigenvalue weighted by atomic mass is 32.2. The molecule has 0 bridgehead atoms. The fraction of sp³-hybridized carbons (Fsp3) is 0.562. The quantitative estimate of drug-likeness (QED) is 0.892. The van der Waals surface area contributed by atoms with Crippen molar-refractivity contribution in [3.05, 3.63) is 28.8 Å². The Morgan fingerprint density at radius 1 is 1.14 bits per heavy atom. The standard InChI is InChI=1S/C16H24N2O3S/c1-11-9-13(10-15(12(11)2)22(20,21)17-3)16(19)18-14-7-5-4-6-8-14/h9-10,14,17H,4-8H2,1-3H3,(H,18,19). The Labute approximate surface area is 132 Å². The lowest BCUT2D eigenvalue weighted by atomic mass is 9.95. The van der Waals surface area contributed by atoms with Crippen LogP contribution in [0.3, 0.4) is 0 Å². The van der Waals surface area contributed by atoms with Crippen LogP contribution in [0.2, 0.25) is 0 Å². The molecule has 0 heterocycles. The number of carbonyl (C=O) groups excluding carboxylic acids is 1. The van der Waals surface area contributed by atoms with E-state index in [2.05, 4.69) is 10.0 Å². The molecule has 22 heavy (non-hydrogen) atoms. The summed E-state index contributed by atoms with van der Waals surface area (Å²) in [5.41, 5.74) is 1.87. The van der Waals surface area contributed by atoms with E-state index in [1.807, 2.05) is 6.92 Å². The third-order valence-electron chi connectivity index (χ3n) is 4.38. The number of sulfonamides is 1. The zero-order valence-corrected chi connectivity index (χ0v) is 14.2. The molecule has 1 aliphatic rings. The van der Waals surface area contributed by atoms with E-state index in [1.54, 1.807) is 13.0 Å². The average molecular weight is 324 g/mol. The second-order valence-electron chi connectivity index (χ2n) is 5.93. The maximum atomic E-state index is 12.4. The van der Waals surface area contributed by atoms with E-state index in [4.69, 9.17) is 0 Å². The van der Waals surface area contributed by atoms with E-state index in [0.29, 0.717) is 11.1 Å². The monoisotopic (exact) mass is 324 g/mol. The van der Waals surface area contributed by atoms with Crippen LogP contribution < -0.4 is 10.0 Å². The van der Waals surface area contributed by atoms with E-state index in [9.17, 15) is 13.2 Å². The van der Waals surface area contributed by atoms with Gasteiger partial charge in [0.05, 0.1) is 4.90 Å². The molecule has 1 amide bonds. The van der Waals surface area contributed by atoms with Crippen molar-refractivity contribution in [2.75, 3.05) is 7.05 Å². The van der Waals surface area contributed by atoms with E-state index in [1.165, 1.54) is 19.5 Å². The first-order valence-corrected chi connectivity index (χ1v) is 9.19. The van der Waals surface area contributed by atoms with Crippen molar-refractivity contribution in [3.8, 4) is 0 Å². The van der Waals surface area contributed by atoms with Crippen LogP contribution in [0.1, 0.15) is 53.6 Å². The molecule has 1 fully saturated rings. The van der Waals surface area contributed by atoms with Gasteiger partial charge < -0.3 is 5.32 Å². The minimum Gasteiger partial charge on any atom is -0.349 e. The van der Waals surface area contributed by atoms with Crippen LogP contribution in [-0.2, 0) is 10.0 Å². The van der Waals surface area contributed by atoms with Crippen LogP contribution in [0, 0.1) is 13.8 Å². The molecule has 0 unspecified atom stereocenters. The Bertz CT molecular complexity index is 662.